The van der Waals surface area contributed by atoms with E-state index in [1.807, 2.05) is 6.26 Å². The summed E-state index contributed by atoms with van der Waals surface area (Å²) in [6.07, 6.45) is 5.47. The van der Waals surface area contributed by atoms with Crippen LogP contribution in [0.1, 0.15) is 23.2 Å². The van der Waals surface area contributed by atoms with Gasteiger partial charge in [-0.2, -0.15) is 9.40 Å². The van der Waals surface area contributed by atoms with Gasteiger partial charge in [-0.25, -0.2) is 23.1 Å². The van der Waals surface area contributed by atoms with Gasteiger partial charge in [-0.3, -0.25) is 4.79 Å². The zero-order chi connectivity index (χ0) is 25.1. The fraction of sp³-hybridized carbons (Fsp3) is 0.478. The molecule has 5 rings (SSSR count). The van der Waals surface area contributed by atoms with Crippen molar-refractivity contribution in [3.8, 4) is 0 Å². The molecule has 11 nitrogen and oxygen atoms in total. The Morgan fingerprint density at radius 2 is 1.81 bits per heavy atom. The molecule has 0 atom stereocenters. The summed E-state index contributed by atoms with van der Waals surface area (Å²) in [5, 5.41) is 8.92. The Labute approximate surface area is 214 Å². The van der Waals surface area contributed by atoms with Crippen molar-refractivity contribution in [3.05, 3.63) is 36.0 Å². The largest absolute Gasteiger partial charge is 0.378 e. The molecular weight excluding hydrogens is 502 g/mol. The van der Waals surface area contributed by atoms with Crippen molar-refractivity contribution in [2.45, 2.75) is 29.4 Å². The molecule has 3 aromatic rings. The predicted molar refractivity (Wildman–Crippen MR) is 137 cm³/mol. The molecule has 2 aliphatic rings. The fourth-order valence-corrected chi connectivity index (χ4v) is 6.30. The van der Waals surface area contributed by atoms with Gasteiger partial charge in [0.2, 0.25) is 10.0 Å². The Kier molecular flexibility index (Phi) is 7.42. The van der Waals surface area contributed by atoms with Gasteiger partial charge in [0, 0.05) is 38.3 Å². The molecular formula is C23H29N7O4S2. The van der Waals surface area contributed by atoms with E-state index in [4.69, 9.17) is 9.72 Å². The van der Waals surface area contributed by atoms with Crippen LogP contribution in [0.4, 0.5) is 5.82 Å². The fourth-order valence-electron chi connectivity index (χ4n) is 4.43. The molecule has 36 heavy (non-hydrogen) atoms. The highest BCUT2D eigenvalue weighted by Gasteiger charge is 2.27. The zero-order valence-corrected chi connectivity index (χ0v) is 21.7. The number of nitrogens with one attached hydrogen (secondary N) is 1. The first-order valence-corrected chi connectivity index (χ1v) is 14.6. The molecule has 0 unspecified atom stereocenters. The van der Waals surface area contributed by atoms with E-state index < -0.39 is 10.0 Å². The number of benzene rings is 1. The van der Waals surface area contributed by atoms with Gasteiger partial charge in [-0.15, -0.1) is 0 Å². The Morgan fingerprint density at radius 1 is 1.08 bits per heavy atom. The number of ether oxygens (including phenoxy) is 1. The molecule has 192 valence electrons. The molecule has 13 heteroatoms. The smallest absolute Gasteiger partial charge is 0.251 e. The van der Waals surface area contributed by atoms with Gasteiger partial charge in [0.25, 0.3) is 5.91 Å². The summed E-state index contributed by atoms with van der Waals surface area (Å²) in [4.78, 5) is 24.4. The van der Waals surface area contributed by atoms with Crippen molar-refractivity contribution >= 4 is 44.5 Å². The maximum absolute atomic E-state index is 12.7. The number of morpholine rings is 1. The third-order valence-corrected chi connectivity index (χ3v) is 8.84. The Balaban J connectivity index is 1.25. The van der Waals surface area contributed by atoms with Gasteiger partial charge in [0.15, 0.2) is 10.8 Å². The van der Waals surface area contributed by atoms with Crippen LogP contribution in [0.15, 0.2) is 40.5 Å². The molecule has 1 aromatic carbocycles. The van der Waals surface area contributed by atoms with Gasteiger partial charge in [-0.05, 0) is 43.4 Å². The van der Waals surface area contributed by atoms with Crippen LogP contribution >= 0.6 is 11.8 Å². The number of anilines is 1. The minimum absolute atomic E-state index is 0.212. The van der Waals surface area contributed by atoms with E-state index in [0.717, 1.165) is 42.8 Å². The molecule has 1 N–H and O–H groups in total. The van der Waals surface area contributed by atoms with Crippen LogP contribution in [0.2, 0.25) is 0 Å². The topological polar surface area (TPSA) is 123 Å². The molecule has 0 aliphatic carbocycles. The Hall–Kier alpha value is -2.74. The minimum Gasteiger partial charge on any atom is -0.378 e. The first-order valence-electron chi connectivity index (χ1n) is 12.0. The second kappa shape index (κ2) is 10.7. The standard InChI is InChI=1S/C23H29N7O4S2/c1-35-23-26-20(28-12-14-34-15-13-28)19-16-25-30(21(19)27-23)11-8-24-22(31)17-4-6-18(7-5-17)36(32,33)29-9-2-3-10-29/h4-7,16H,2-3,8-15H2,1H3,(H,24,31). The molecule has 0 saturated carbocycles. The zero-order valence-electron chi connectivity index (χ0n) is 20.1. The minimum atomic E-state index is -3.50. The summed E-state index contributed by atoms with van der Waals surface area (Å²) < 4.78 is 34.1. The lowest BCUT2D eigenvalue weighted by Crippen LogP contribution is -2.37. The van der Waals surface area contributed by atoms with Gasteiger partial charge in [0.05, 0.1) is 36.2 Å². The lowest BCUT2D eigenvalue weighted by atomic mass is 10.2. The summed E-state index contributed by atoms with van der Waals surface area (Å²) in [6.45, 7) is 4.71. The maximum Gasteiger partial charge on any atom is 0.251 e. The lowest BCUT2D eigenvalue weighted by molar-refractivity contribution is 0.0952. The van der Waals surface area contributed by atoms with E-state index in [9.17, 15) is 13.2 Å². The second-order valence-electron chi connectivity index (χ2n) is 8.63. The summed E-state index contributed by atoms with van der Waals surface area (Å²) in [5.41, 5.74) is 1.13. The average molecular weight is 532 g/mol. The number of hydrogen-bond donors (Lipinski definition) is 1. The van der Waals surface area contributed by atoms with Crippen molar-refractivity contribution in [2.24, 2.45) is 0 Å². The molecule has 2 aromatic heterocycles. The predicted octanol–water partition coefficient (Wildman–Crippen LogP) is 1.60. The van der Waals surface area contributed by atoms with Crippen LogP contribution in [0.3, 0.4) is 0 Å². The third kappa shape index (κ3) is 5.05. The van der Waals surface area contributed by atoms with Crippen molar-refractivity contribution in [1.82, 2.24) is 29.4 Å². The van der Waals surface area contributed by atoms with E-state index >= 15 is 0 Å². The van der Waals surface area contributed by atoms with Crippen LogP contribution in [0, 0.1) is 0 Å². The molecule has 0 bridgehead atoms. The maximum atomic E-state index is 12.7. The number of aromatic nitrogens is 4. The van der Waals surface area contributed by atoms with Gasteiger partial charge in [-0.1, -0.05) is 11.8 Å². The molecule has 0 spiro atoms. The van der Waals surface area contributed by atoms with Crippen molar-refractivity contribution in [3.63, 3.8) is 0 Å². The third-order valence-electron chi connectivity index (χ3n) is 6.38. The number of carbonyl (C=O) groups is 1. The van der Waals surface area contributed by atoms with E-state index in [2.05, 4.69) is 20.3 Å². The first-order chi connectivity index (χ1) is 17.5. The van der Waals surface area contributed by atoms with Gasteiger partial charge < -0.3 is 15.0 Å². The highest BCUT2D eigenvalue weighted by molar-refractivity contribution is 7.98. The Bertz CT molecular complexity index is 1330. The number of amides is 1. The molecule has 2 aliphatic heterocycles. The number of fused-ring (bicyclic) bond motifs is 1. The number of rotatable bonds is 8. The van der Waals surface area contributed by atoms with E-state index in [1.54, 1.807) is 23.0 Å². The SMILES string of the molecule is CSc1nc(N2CCOCC2)c2cnn(CCNC(=O)c3ccc(S(=O)(=O)N4CCCC4)cc3)c2n1. The van der Waals surface area contributed by atoms with E-state index in [1.165, 1.54) is 28.2 Å². The van der Waals surface area contributed by atoms with Crippen LogP contribution in [-0.4, -0.2) is 90.6 Å². The number of thioether (sulfide) groups is 1. The number of carbonyl (C=O) groups excluding carboxylic acids is 1. The molecule has 4 heterocycles. The van der Waals surface area contributed by atoms with E-state index in [0.29, 0.717) is 50.1 Å². The number of sulfonamides is 1. The monoisotopic (exact) mass is 531 g/mol. The lowest BCUT2D eigenvalue weighted by Gasteiger charge is -2.28. The number of hydrogen-bond acceptors (Lipinski definition) is 9. The first kappa shape index (κ1) is 24.9. The summed E-state index contributed by atoms with van der Waals surface area (Å²) in [5.74, 6) is 0.580. The van der Waals surface area contributed by atoms with Crippen LogP contribution < -0.4 is 10.2 Å². The van der Waals surface area contributed by atoms with Gasteiger partial charge >= 0.3 is 0 Å². The average Bonchev–Trinajstić information content (AvgIpc) is 3.60. The molecule has 2 fully saturated rings. The quantitative estimate of drug-likeness (QED) is 0.341. The summed E-state index contributed by atoms with van der Waals surface area (Å²) in [7, 11) is -3.50. The normalized spacial score (nSPS) is 17.1. The highest BCUT2D eigenvalue weighted by atomic mass is 32.2. The highest BCUT2D eigenvalue weighted by Crippen LogP contribution is 2.27. The van der Waals surface area contributed by atoms with Gasteiger partial charge in [0.1, 0.15) is 5.82 Å². The second-order valence-corrected chi connectivity index (χ2v) is 11.3. The molecule has 2 saturated heterocycles. The summed E-state index contributed by atoms with van der Waals surface area (Å²) >= 11 is 1.47. The Morgan fingerprint density at radius 3 is 2.50 bits per heavy atom. The number of nitrogens with zero attached hydrogens (tertiary/aromatic N) is 6. The summed E-state index contributed by atoms with van der Waals surface area (Å²) in [6, 6.07) is 6.09. The van der Waals surface area contributed by atoms with Crippen LogP contribution in [0.5, 0.6) is 0 Å². The van der Waals surface area contributed by atoms with Crippen molar-refractivity contribution < 1.29 is 17.9 Å². The molecule has 1 amide bonds. The van der Waals surface area contributed by atoms with Crippen LogP contribution in [0.25, 0.3) is 11.0 Å². The van der Waals surface area contributed by atoms with E-state index in [-0.39, 0.29) is 10.8 Å². The molecule has 0 radical (unpaired) electrons. The van der Waals surface area contributed by atoms with Crippen molar-refractivity contribution in [1.29, 1.82) is 0 Å². The van der Waals surface area contributed by atoms with Crippen molar-refractivity contribution in [2.75, 3.05) is 57.1 Å². The van der Waals surface area contributed by atoms with Crippen LogP contribution in [-0.2, 0) is 21.3 Å².